The third kappa shape index (κ3) is 74.1. The van der Waals surface area contributed by atoms with Crippen molar-refractivity contribution in [2.75, 3.05) is 0 Å². The first-order valence-electron chi connectivity index (χ1n) is 18.8. The van der Waals surface area contributed by atoms with Crippen LogP contribution < -0.4 is 0 Å². The summed E-state index contributed by atoms with van der Waals surface area (Å²) >= 11 is 0. The molecular formula is C40H84Hf. The van der Waals surface area contributed by atoms with Gasteiger partial charge in [-0.2, -0.15) is 25.7 Å². The first-order valence-corrected chi connectivity index (χ1v) is 18.8. The van der Waals surface area contributed by atoms with E-state index < -0.39 is 0 Å². The largest absolute Gasteiger partial charge is 4.00 e. The maximum absolute atomic E-state index is 3.82. The van der Waals surface area contributed by atoms with Gasteiger partial charge in [0.2, 0.25) is 0 Å². The van der Waals surface area contributed by atoms with E-state index in [1.54, 1.807) is 0 Å². The first-order chi connectivity index (χ1) is 19.7. The van der Waals surface area contributed by atoms with Crippen molar-refractivity contribution in [1.29, 1.82) is 0 Å². The molecule has 0 aromatic carbocycles. The van der Waals surface area contributed by atoms with Crippen LogP contribution in [0.3, 0.4) is 0 Å². The Morgan fingerprint density at radius 2 is 0.341 bits per heavy atom. The van der Waals surface area contributed by atoms with E-state index in [0.29, 0.717) is 0 Å². The standard InChI is InChI=1S/4C10H21.Hf/c4*1-3-5-7-9-10-8-6-4-2;/h4*1,3-10H2,2H3;/q4*-1;+4. The Balaban J connectivity index is -0.000000139. The van der Waals surface area contributed by atoms with Gasteiger partial charge in [0.15, 0.2) is 0 Å². The summed E-state index contributed by atoms with van der Waals surface area (Å²) in [4.78, 5) is 0. The summed E-state index contributed by atoms with van der Waals surface area (Å²) in [5, 5.41) is 0. The number of hydrogen-bond donors (Lipinski definition) is 0. The van der Waals surface area contributed by atoms with Crippen LogP contribution in [-0.4, -0.2) is 0 Å². The minimum atomic E-state index is 0. The molecule has 0 heterocycles. The molecule has 0 aromatic rings. The molecule has 0 aliphatic rings. The fraction of sp³-hybridized carbons (Fsp3) is 0.900. The van der Waals surface area contributed by atoms with Crippen LogP contribution in [0.25, 0.3) is 0 Å². The van der Waals surface area contributed by atoms with Crippen molar-refractivity contribution in [2.45, 2.75) is 233 Å². The van der Waals surface area contributed by atoms with Crippen LogP contribution in [0.15, 0.2) is 0 Å². The Morgan fingerprint density at radius 3 is 0.463 bits per heavy atom. The molecule has 41 heavy (non-hydrogen) atoms. The van der Waals surface area contributed by atoms with Crippen molar-refractivity contribution in [3.63, 3.8) is 0 Å². The summed E-state index contributed by atoms with van der Waals surface area (Å²) in [5.41, 5.74) is 0. The van der Waals surface area contributed by atoms with E-state index in [1.165, 1.54) is 180 Å². The quantitative estimate of drug-likeness (QED) is 0.0425. The molecule has 0 unspecified atom stereocenters. The van der Waals surface area contributed by atoms with Gasteiger partial charge in [0.25, 0.3) is 0 Å². The van der Waals surface area contributed by atoms with Crippen LogP contribution in [-0.2, 0) is 25.8 Å². The van der Waals surface area contributed by atoms with Gasteiger partial charge in [-0.3, -0.25) is 0 Å². The summed E-state index contributed by atoms with van der Waals surface area (Å²) < 4.78 is 0. The minimum Gasteiger partial charge on any atom is -0.343 e. The first kappa shape index (κ1) is 51.4. The van der Waals surface area contributed by atoms with Gasteiger partial charge in [0.05, 0.1) is 0 Å². The predicted molar refractivity (Wildman–Crippen MR) is 192 cm³/mol. The van der Waals surface area contributed by atoms with E-state index >= 15 is 0 Å². The fourth-order valence-corrected chi connectivity index (χ4v) is 4.54. The molecule has 0 bridgehead atoms. The van der Waals surface area contributed by atoms with Gasteiger partial charge in [0.1, 0.15) is 0 Å². The molecular weight excluding hydrogens is 659 g/mol. The summed E-state index contributed by atoms with van der Waals surface area (Å²) in [6, 6.07) is 0. The molecule has 0 fully saturated rings. The van der Waals surface area contributed by atoms with Crippen LogP contribution in [0.1, 0.15) is 233 Å². The van der Waals surface area contributed by atoms with Crippen LogP contribution >= 0.6 is 0 Å². The van der Waals surface area contributed by atoms with Gasteiger partial charge < -0.3 is 27.7 Å². The topological polar surface area (TPSA) is 0 Å². The molecule has 0 amide bonds. The van der Waals surface area contributed by atoms with Gasteiger partial charge >= 0.3 is 25.8 Å². The fourth-order valence-electron chi connectivity index (χ4n) is 4.54. The van der Waals surface area contributed by atoms with Gasteiger partial charge in [-0.05, 0) is 0 Å². The monoisotopic (exact) mass is 745 g/mol. The number of rotatable bonds is 28. The van der Waals surface area contributed by atoms with Crippen molar-refractivity contribution < 1.29 is 25.8 Å². The van der Waals surface area contributed by atoms with Crippen molar-refractivity contribution in [2.24, 2.45) is 0 Å². The molecule has 0 aromatic heterocycles. The summed E-state index contributed by atoms with van der Waals surface area (Å²) in [7, 11) is 0. The van der Waals surface area contributed by atoms with Crippen LogP contribution in [0.5, 0.6) is 0 Å². The smallest absolute Gasteiger partial charge is 0.343 e. The Morgan fingerprint density at radius 1 is 0.220 bits per heavy atom. The van der Waals surface area contributed by atoms with E-state index in [1.807, 2.05) is 0 Å². The summed E-state index contributed by atoms with van der Waals surface area (Å²) in [5.74, 6) is 0. The van der Waals surface area contributed by atoms with E-state index in [-0.39, 0.29) is 25.8 Å². The van der Waals surface area contributed by atoms with Crippen molar-refractivity contribution in [3.8, 4) is 0 Å². The molecule has 0 N–H and O–H groups in total. The van der Waals surface area contributed by atoms with Gasteiger partial charge in [-0.15, -0.1) is 0 Å². The third-order valence-electron chi connectivity index (χ3n) is 7.41. The SMILES string of the molecule is [CH2-]CCCCCCCCC.[CH2-]CCCCCCCCC.[CH2-]CCCCCCCCC.[CH2-]CCCCCCCCC.[Hf+4]. The molecule has 0 aliphatic heterocycles. The van der Waals surface area contributed by atoms with Crippen molar-refractivity contribution in [1.82, 2.24) is 0 Å². The average Bonchev–Trinajstić information content (AvgIpc) is 2.97. The summed E-state index contributed by atoms with van der Waals surface area (Å²) in [6.07, 6.45) is 43.7. The summed E-state index contributed by atoms with van der Waals surface area (Å²) in [6.45, 7) is 24.3. The van der Waals surface area contributed by atoms with Crippen molar-refractivity contribution in [3.05, 3.63) is 27.7 Å². The van der Waals surface area contributed by atoms with E-state index in [9.17, 15) is 0 Å². The minimum absolute atomic E-state index is 0. The van der Waals surface area contributed by atoms with Crippen LogP contribution in [0.2, 0.25) is 0 Å². The zero-order valence-electron chi connectivity index (χ0n) is 30.0. The molecule has 1 heteroatoms. The molecule has 0 aliphatic carbocycles. The second-order valence-electron chi connectivity index (χ2n) is 11.9. The maximum atomic E-state index is 3.82. The zero-order valence-corrected chi connectivity index (χ0v) is 33.5. The van der Waals surface area contributed by atoms with E-state index in [2.05, 4.69) is 55.4 Å². The third-order valence-corrected chi connectivity index (χ3v) is 7.41. The van der Waals surface area contributed by atoms with Gasteiger partial charge in [-0.1, -0.05) is 207 Å². The Bertz CT molecular complexity index is 231. The Labute approximate surface area is 285 Å². The van der Waals surface area contributed by atoms with Crippen LogP contribution in [0, 0.1) is 27.7 Å². The molecule has 0 spiro atoms. The molecule has 0 saturated heterocycles. The molecule has 0 atom stereocenters. The average molecular weight is 744 g/mol. The predicted octanol–water partition coefficient (Wildman–Crippen LogP) is 15.8. The Hall–Kier alpha value is 0.870. The van der Waals surface area contributed by atoms with Crippen molar-refractivity contribution >= 4 is 0 Å². The van der Waals surface area contributed by atoms with E-state index in [0.717, 1.165) is 25.7 Å². The van der Waals surface area contributed by atoms with Gasteiger partial charge in [-0.25, -0.2) is 0 Å². The molecule has 0 rings (SSSR count). The molecule has 0 radical (unpaired) electrons. The Kier molecular flexibility index (Phi) is 75.5. The molecule has 248 valence electrons. The molecule has 0 nitrogen and oxygen atoms in total. The van der Waals surface area contributed by atoms with E-state index in [4.69, 9.17) is 0 Å². The molecule has 0 saturated carbocycles. The maximum Gasteiger partial charge on any atom is 4.00 e. The zero-order chi connectivity index (χ0) is 30.6. The number of unbranched alkanes of at least 4 members (excludes halogenated alkanes) is 28. The van der Waals surface area contributed by atoms with Crippen LogP contribution in [0.4, 0.5) is 0 Å². The number of hydrogen-bond acceptors (Lipinski definition) is 0. The normalized spacial score (nSPS) is 9.95. The second-order valence-corrected chi connectivity index (χ2v) is 11.9. The van der Waals surface area contributed by atoms with Gasteiger partial charge in [0, 0.05) is 0 Å². The second kappa shape index (κ2) is 60.1.